The molecule has 164 valence electrons. The van der Waals surface area contributed by atoms with Crippen molar-refractivity contribution in [3.8, 4) is 0 Å². The lowest BCUT2D eigenvalue weighted by molar-refractivity contribution is 0.0742. The van der Waals surface area contributed by atoms with Crippen LogP contribution >= 0.6 is 0 Å². The number of likely N-dealkylation sites (N-methyl/N-ethyl adjacent to an activating group) is 1. The summed E-state index contributed by atoms with van der Waals surface area (Å²) >= 11 is 0. The molecule has 1 fully saturated rings. The maximum atomic E-state index is 13.0. The molecule has 1 aliphatic heterocycles. The van der Waals surface area contributed by atoms with Crippen molar-refractivity contribution in [2.75, 3.05) is 18.9 Å². The number of nitrogens with two attached hydrogens (primary N) is 1. The molecule has 0 spiro atoms. The smallest absolute Gasteiger partial charge is 0.339 e. The zero-order valence-electron chi connectivity index (χ0n) is 17.6. The summed E-state index contributed by atoms with van der Waals surface area (Å²) in [6.45, 7) is 2.91. The number of aryl methyl sites for hydroxylation is 1. The molecule has 1 saturated carbocycles. The lowest BCUT2D eigenvalue weighted by Gasteiger charge is -2.22. The summed E-state index contributed by atoms with van der Waals surface area (Å²) in [5, 5.41) is 12.8. The van der Waals surface area contributed by atoms with Gasteiger partial charge in [0.2, 0.25) is 0 Å². The Labute approximate surface area is 180 Å². The predicted molar refractivity (Wildman–Crippen MR) is 114 cm³/mol. The molecule has 0 aromatic carbocycles. The minimum absolute atomic E-state index is 0.0725. The van der Waals surface area contributed by atoms with E-state index in [0.717, 1.165) is 54.6 Å². The minimum atomic E-state index is -3.61. The van der Waals surface area contributed by atoms with E-state index < -0.39 is 15.9 Å². The van der Waals surface area contributed by atoms with Gasteiger partial charge in [-0.25, -0.2) is 14.1 Å². The number of carbonyl (C=O) groups is 2. The summed E-state index contributed by atoms with van der Waals surface area (Å²) in [6, 6.07) is 0.574. The molecule has 3 heterocycles. The highest BCUT2D eigenvalue weighted by molar-refractivity contribution is 7.91. The number of pyridine rings is 1. The Kier molecular flexibility index (Phi) is 4.63. The highest BCUT2D eigenvalue weighted by Crippen LogP contribution is 2.44. The van der Waals surface area contributed by atoms with Crippen LogP contribution in [0, 0.1) is 6.92 Å². The Bertz CT molecular complexity index is 1240. The van der Waals surface area contributed by atoms with Crippen LogP contribution < -0.4 is 10.5 Å². The van der Waals surface area contributed by atoms with Gasteiger partial charge >= 0.3 is 6.03 Å². The third-order valence-electron chi connectivity index (χ3n) is 6.19. The predicted octanol–water partition coefficient (Wildman–Crippen LogP) is 1.97. The fourth-order valence-electron chi connectivity index (χ4n) is 4.35. The first kappa shape index (κ1) is 20.1. The van der Waals surface area contributed by atoms with Crippen molar-refractivity contribution >= 4 is 27.5 Å². The topological polar surface area (TPSA) is 136 Å². The number of aromatic nitrogens is 3. The highest BCUT2D eigenvalue weighted by atomic mass is 32.2. The van der Waals surface area contributed by atoms with Crippen LogP contribution in [0.15, 0.2) is 15.5 Å². The monoisotopic (exact) mass is 443 g/mol. The van der Waals surface area contributed by atoms with Crippen LogP contribution in [0.3, 0.4) is 0 Å². The van der Waals surface area contributed by atoms with Crippen LogP contribution in [0.2, 0.25) is 0 Å². The second-order valence-electron chi connectivity index (χ2n) is 8.46. The summed E-state index contributed by atoms with van der Waals surface area (Å²) in [4.78, 5) is 31.4. The van der Waals surface area contributed by atoms with Crippen LogP contribution in [-0.4, -0.2) is 49.4 Å². The van der Waals surface area contributed by atoms with Crippen LogP contribution in [0.4, 0.5) is 10.5 Å². The number of nitrogens with zero attached hydrogens (tertiary/aromatic N) is 5. The molecule has 0 bridgehead atoms. The Morgan fingerprint density at radius 1 is 1.32 bits per heavy atom. The number of amides is 3. The highest BCUT2D eigenvalue weighted by Gasteiger charge is 2.31. The van der Waals surface area contributed by atoms with Gasteiger partial charge in [-0.2, -0.15) is 5.10 Å². The molecule has 10 nitrogen and oxygen atoms in total. The number of anilines is 1. The summed E-state index contributed by atoms with van der Waals surface area (Å²) in [7, 11) is -1.93. The van der Waals surface area contributed by atoms with Crippen LogP contribution in [0.1, 0.15) is 58.2 Å². The molecule has 0 saturated heterocycles. The van der Waals surface area contributed by atoms with E-state index >= 15 is 0 Å². The number of hydrogen-bond acceptors (Lipinski definition) is 5. The molecule has 1 unspecified atom stereocenters. The fourth-order valence-corrected chi connectivity index (χ4v) is 5.23. The standard InChI is InChI=1S/C20H25N7O3S/c1-11-17(12-6-7-12)22-14-5-3-4-13(14)18(11)23-20(29)25-31(21,30)16-10-15-19(28)26(2)8-9-27(15)24-16/h10,12H,3-9H2,1-2H3,(H3,21,22,23,25,29,30). The number of urea groups is 1. The molecule has 3 amide bonds. The molecular weight excluding hydrogens is 418 g/mol. The van der Waals surface area contributed by atoms with Gasteiger partial charge < -0.3 is 10.2 Å². The number of nitrogens with one attached hydrogen (secondary N) is 1. The number of hydrogen-bond donors (Lipinski definition) is 2. The van der Waals surface area contributed by atoms with Crippen molar-refractivity contribution in [3.63, 3.8) is 0 Å². The van der Waals surface area contributed by atoms with Crippen molar-refractivity contribution in [1.82, 2.24) is 19.7 Å². The Morgan fingerprint density at radius 3 is 2.84 bits per heavy atom. The lowest BCUT2D eigenvalue weighted by atomic mass is 10.0. The molecule has 2 aromatic rings. The summed E-state index contributed by atoms with van der Waals surface area (Å²) in [6.07, 6.45) is 4.95. The second-order valence-corrected chi connectivity index (χ2v) is 10.2. The van der Waals surface area contributed by atoms with E-state index in [4.69, 9.17) is 10.1 Å². The first-order valence-corrected chi connectivity index (χ1v) is 12.0. The molecule has 2 aromatic heterocycles. The molecule has 2 aliphatic carbocycles. The van der Waals surface area contributed by atoms with Gasteiger partial charge in [-0.05, 0) is 50.2 Å². The molecule has 1 atom stereocenters. The van der Waals surface area contributed by atoms with E-state index in [0.29, 0.717) is 24.7 Å². The second kappa shape index (κ2) is 7.13. The Hall–Kier alpha value is -2.79. The van der Waals surface area contributed by atoms with E-state index in [2.05, 4.69) is 14.8 Å². The summed E-state index contributed by atoms with van der Waals surface area (Å²) in [5.74, 6) is 0.213. The van der Waals surface area contributed by atoms with E-state index in [1.54, 1.807) is 11.9 Å². The van der Waals surface area contributed by atoms with Crippen molar-refractivity contribution < 1.29 is 13.8 Å². The third-order valence-corrected chi connectivity index (χ3v) is 7.43. The Morgan fingerprint density at radius 2 is 2.10 bits per heavy atom. The first-order chi connectivity index (χ1) is 14.7. The average molecular weight is 444 g/mol. The molecule has 3 aliphatic rings. The normalized spacial score (nSPS) is 19.6. The molecule has 5 rings (SSSR count). The van der Waals surface area contributed by atoms with Gasteiger partial charge in [-0.1, -0.05) is 0 Å². The minimum Gasteiger partial charge on any atom is -0.339 e. The molecule has 3 N–H and O–H groups in total. The van der Waals surface area contributed by atoms with Crippen LogP contribution in [0.5, 0.6) is 0 Å². The van der Waals surface area contributed by atoms with E-state index in [1.165, 1.54) is 10.7 Å². The van der Waals surface area contributed by atoms with Crippen molar-refractivity contribution in [3.05, 3.63) is 34.3 Å². The van der Waals surface area contributed by atoms with Crippen molar-refractivity contribution in [2.45, 2.75) is 56.5 Å². The summed E-state index contributed by atoms with van der Waals surface area (Å²) in [5.41, 5.74) is 5.04. The quantitative estimate of drug-likeness (QED) is 0.747. The molecule has 11 heteroatoms. The zero-order valence-corrected chi connectivity index (χ0v) is 18.4. The van der Waals surface area contributed by atoms with Crippen molar-refractivity contribution in [2.24, 2.45) is 9.50 Å². The average Bonchev–Trinajstić information content (AvgIpc) is 3.27. The van der Waals surface area contributed by atoms with Gasteiger partial charge in [-0.15, -0.1) is 4.36 Å². The van der Waals surface area contributed by atoms with E-state index in [1.807, 2.05) is 6.92 Å². The van der Waals surface area contributed by atoms with Crippen molar-refractivity contribution in [1.29, 1.82) is 0 Å². The van der Waals surface area contributed by atoms with Gasteiger partial charge in [0.25, 0.3) is 5.91 Å². The molecular formula is C20H25N7O3S. The van der Waals surface area contributed by atoms with Gasteiger partial charge in [0.15, 0.2) is 14.9 Å². The van der Waals surface area contributed by atoms with Gasteiger partial charge in [0, 0.05) is 37.0 Å². The van der Waals surface area contributed by atoms with E-state index in [9.17, 15) is 13.8 Å². The maximum absolute atomic E-state index is 13.0. The van der Waals surface area contributed by atoms with E-state index in [-0.39, 0.29) is 16.6 Å². The fraction of sp³-hybridized carbons (Fsp3) is 0.500. The Balaban J connectivity index is 1.46. The lowest BCUT2D eigenvalue weighted by Crippen LogP contribution is -2.37. The van der Waals surface area contributed by atoms with Gasteiger partial charge in [0.1, 0.15) is 5.69 Å². The SMILES string of the molecule is Cc1c(C2CC2)nc2c(c1NC(=O)N=S(N)(=O)c1cc3n(n1)CCN(C)C3=O)CCC2. The van der Waals surface area contributed by atoms with Crippen LogP contribution in [0.25, 0.3) is 0 Å². The third kappa shape index (κ3) is 3.51. The largest absolute Gasteiger partial charge is 0.354 e. The van der Waals surface area contributed by atoms with Crippen LogP contribution in [-0.2, 0) is 29.3 Å². The number of carbonyl (C=O) groups excluding carboxylic acids is 2. The number of fused-ring (bicyclic) bond motifs is 2. The number of rotatable bonds is 3. The summed E-state index contributed by atoms with van der Waals surface area (Å²) < 4.78 is 18.2. The first-order valence-electron chi connectivity index (χ1n) is 10.5. The maximum Gasteiger partial charge on any atom is 0.354 e. The van der Waals surface area contributed by atoms with Gasteiger partial charge in [0.05, 0.1) is 12.2 Å². The van der Waals surface area contributed by atoms with Gasteiger partial charge in [-0.3, -0.25) is 14.5 Å². The molecule has 0 radical (unpaired) electrons. The zero-order chi connectivity index (χ0) is 21.9. The molecule has 31 heavy (non-hydrogen) atoms.